The fourth-order valence-electron chi connectivity index (χ4n) is 3.81. The Kier molecular flexibility index (Phi) is 7.38. The van der Waals surface area contributed by atoms with Crippen molar-refractivity contribution >= 4 is 17.6 Å². The van der Waals surface area contributed by atoms with Crippen molar-refractivity contribution in [1.82, 2.24) is 15.2 Å². The Balaban J connectivity index is 1.50. The molecule has 0 radical (unpaired) electrons. The second kappa shape index (κ2) is 10.0. The third kappa shape index (κ3) is 6.10. The minimum atomic E-state index is -0.225. The molecule has 1 aromatic heterocycles. The molecule has 1 aliphatic heterocycles. The normalized spacial score (nSPS) is 16.1. The monoisotopic (exact) mass is 425 g/mol. The van der Waals surface area contributed by atoms with E-state index in [-0.39, 0.29) is 23.2 Å². The van der Waals surface area contributed by atoms with Crippen LogP contribution in [0.4, 0.5) is 11.7 Å². The van der Waals surface area contributed by atoms with Crippen LogP contribution in [-0.4, -0.2) is 53.6 Å². The number of piperazine rings is 1. The Morgan fingerprint density at radius 3 is 2.65 bits per heavy atom. The van der Waals surface area contributed by atoms with E-state index in [1.54, 1.807) is 6.20 Å². The van der Waals surface area contributed by atoms with E-state index in [9.17, 15) is 4.79 Å². The highest BCUT2D eigenvalue weighted by atomic mass is 16.4. The molecular weight excluding hydrogens is 390 g/mol. The van der Waals surface area contributed by atoms with Gasteiger partial charge in [0.05, 0.1) is 6.20 Å². The summed E-state index contributed by atoms with van der Waals surface area (Å²) in [4.78, 5) is 21.5. The van der Waals surface area contributed by atoms with E-state index in [2.05, 4.69) is 58.8 Å². The van der Waals surface area contributed by atoms with Gasteiger partial charge < -0.3 is 20.0 Å². The average molecular weight is 426 g/mol. The summed E-state index contributed by atoms with van der Waals surface area (Å²) in [5.41, 5.74) is 2.40. The van der Waals surface area contributed by atoms with Crippen LogP contribution in [0.2, 0.25) is 0 Å². The largest absolute Gasteiger partial charge is 0.418 e. The Hall–Kier alpha value is -2.80. The van der Waals surface area contributed by atoms with E-state index in [0.717, 1.165) is 44.7 Å². The number of para-hydroxylation sites is 1. The third-order valence-electron chi connectivity index (χ3n) is 5.72. The Bertz CT molecular complexity index is 878. The van der Waals surface area contributed by atoms with E-state index < -0.39 is 0 Å². The van der Waals surface area contributed by atoms with Gasteiger partial charge in [0.15, 0.2) is 0 Å². The summed E-state index contributed by atoms with van der Waals surface area (Å²) in [6, 6.07) is 8.65. The molecule has 1 fully saturated rings. The van der Waals surface area contributed by atoms with Crippen LogP contribution in [-0.2, 0) is 6.42 Å². The smallest absolute Gasteiger partial charge is 0.298 e. The molecule has 7 heteroatoms. The van der Waals surface area contributed by atoms with Gasteiger partial charge in [0.25, 0.3) is 11.9 Å². The minimum absolute atomic E-state index is 0.00756. The molecule has 1 saturated heterocycles. The number of carbonyl (C=O) groups excluding carboxylic acids is 1. The summed E-state index contributed by atoms with van der Waals surface area (Å²) in [5, 5.41) is 6.18. The second-order valence-electron chi connectivity index (χ2n) is 9.07. The third-order valence-corrected chi connectivity index (χ3v) is 5.72. The van der Waals surface area contributed by atoms with Gasteiger partial charge in [-0.3, -0.25) is 9.69 Å². The lowest BCUT2D eigenvalue weighted by atomic mass is 10.0. The minimum Gasteiger partial charge on any atom is -0.418 e. The lowest BCUT2D eigenvalue weighted by Gasteiger charge is -2.41. The summed E-state index contributed by atoms with van der Waals surface area (Å²) in [6.07, 6.45) is 4.86. The average Bonchev–Trinajstić information content (AvgIpc) is 3.23. The Morgan fingerprint density at radius 2 is 1.97 bits per heavy atom. The van der Waals surface area contributed by atoms with E-state index in [1.165, 1.54) is 11.8 Å². The van der Waals surface area contributed by atoms with Crippen molar-refractivity contribution in [2.45, 2.75) is 52.1 Å². The predicted octanol–water partition coefficient (Wildman–Crippen LogP) is 3.90. The Morgan fingerprint density at radius 1 is 1.26 bits per heavy atom. The number of nitrogens with one attached hydrogen (secondary N) is 2. The van der Waals surface area contributed by atoms with Crippen molar-refractivity contribution in [2.75, 3.05) is 36.4 Å². The van der Waals surface area contributed by atoms with Crippen molar-refractivity contribution in [3.63, 3.8) is 0 Å². The number of aryl methyl sites for hydroxylation is 1. The molecule has 2 aromatic rings. The highest BCUT2D eigenvalue weighted by Gasteiger charge is 2.28. The van der Waals surface area contributed by atoms with Crippen LogP contribution in [0.5, 0.6) is 0 Å². The highest BCUT2D eigenvalue weighted by molar-refractivity contribution is 5.91. The van der Waals surface area contributed by atoms with Gasteiger partial charge in [0.1, 0.15) is 0 Å². The molecule has 0 spiro atoms. The maximum Gasteiger partial charge on any atom is 0.298 e. The van der Waals surface area contributed by atoms with Crippen LogP contribution in [0, 0.1) is 0 Å². The van der Waals surface area contributed by atoms with Crippen LogP contribution >= 0.6 is 0 Å². The van der Waals surface area contributed by atoms with Gasteiger partial charge in [0.2, 0.25) is 5.76 Å². The van der Waals surface area contributed by atoms with Gasteiger partial charge in [-0.2, -0.15) is 0 Å². The number of anilines is 2. The van der Waals surface area contributed by atoms with Crippen molar-refractivity contribution in [2.24, 2.45) is 0 Å². The fraction of sp³-hybridized carbons (Fsp3) is 0.500. The zero-order valence-corrected chi connectivity index (χ0v) is 19.1. The fourth-order valence-corrected chi connectivity index (χ4v) is 3.81. The molecule has 1 aliphatic rings. The first kappa shape index (κ1) is 22.9. The lowest BCUT2D eigenvalue weighted by molar-refractivity contribution is 0.0910. The molecule has 168 valence electrons. The predicted molar refractivity (Wildman–Crippen MR) is 126 cm³/mol. The molecule has 1 atom stereocenters. The standard InChI is InChI=1S/C24H35N5O2/c1-6-25-20-10-8-7-9-19(20)12-11-18(2)27-22(30)21-17-26-23(31-21)28-13-15-29(16-14-28)24(3,4)5/h6-10,17-18,25H,1,11-16H2,2-5H3,(H,27,30). The number of benzene rings is 1. The number of aromatic nitrogens is 1. The van der Waals surface area contributed by atoms with Crippen LogP contribution in [0.25, 0.3) is 0 Å². The van der Waals surface area contributed by atoms with Crippen LogP contribution in [0.1, 0.15) is 50.2 Å². The maximum atomic E-state index is 12.6. The number of rotatable bonds is 8. The number of oxazole rings is 1. The molecule has 1 aromatic carbocycles. The van der Waals surface area contributed by atoms with Gasteiger partial charge >= 0.3 is 0 Å². The van der Waals surface area contributed by atoms with E-state index in [0.29, 0.717) is 6.01 Å². The second-order valence-corrected chi connectivity index (χ2v) is 9.07. The van der Waals surface area contributed by atoms with Crippen LogP contribution in [0.3, 0.4) is 0 Å². The zero-order valence-electron chi connectivity index (χ0n) is 19.1. The van der Waals surface area contributed by atoms with Gasteiger partial charge in [-0.05, 0) is 58.4 Å². The van der Waals surface area contributed by atoms with Gasteiger partial charge in [0, 0.05) is 43.4 Å². The summed E-state index contributed by atoms with van der Waals surface area (Å²) in [7, 11) is 0. The Labute approximate surface area is 185 Å². The quantitative estimate of drug-likeness (QED) is 0.668. The van der Waals surface area contributed by atoms with Crippen molar-refractivity contribution in [3.05, 3.63) is 54.6 Å². The van der Waals surface area contributed by atoms with Crippen molar-refractivity contribution < 1.29 is 9.21 Å². The van der Waals surface area contributed by atoms with E-state index >= 15 is 0 Å². The molecule has 7 nitrogen and oxygen atoms in total. The number of carbonyl (C=O) groups is 1. The molecule has 0 bridgehead atoms. The molecule has 2 N–H and O–H groups in total. The molecule has 2 heterocycles. The number of nitrogens with zero attached hydrogens (tertiary/aromatic N) is 3. The summed E-state index contributed by atoms with van der Waals surface area (Å²) < 4.78 is 5.78. The first-order valence-electron chi connectivity index (χ1n) is 11.0. The molecule has 3 rings (SSSR count). The van der Waals surface area contributed by atoms with Gasteiger partial charge in [-0.25, -0.2) is 4.98 Å². The summed E-state index contributed by atoms with van der Waals surface area (Å²) >= 11 is 0. The highest BCUT2D eigenvalue weighted by Crippen LogP contribution is 2.21. The van der Waals surface area contributed by atoms with Crippen molar-refractivity contribution in [1.29, 1.82) is 0 Å². The molecule has 0 aliphatic carbocycles. The molecule has 1 amide bonds. The molecule has 31 heavy (non-hydrogen) atoms. The van der Waals surface area contributed by atoms with E-state index in [4.69, 9.17) is 4.42 Å². The van der Waals surface area contributed by atoms with E-state index in [1.807, 2.05) is 25.1 Å². The van der Waals surface area contributed by atoms with Crippen LogP contribution < -0.4 is 15.5 Å². The number of hydrogen-bond acceptors (Lipinski definition) is 6. The molecule has 1 unspecified atom stereocenters. The SMILES string of the molecule is C=CNc1ccccc1CCC(C)NC(=O)c1cnc(N2CCN(C(C)(C)C)CC2)o1. The van der Waals surface area contributed by atoms with Gasteiger partial charge in [-0.15, -0.1) is 0 Å². The topological polar surface area (TPSA) is 73.6 Å². The number of amides is 1. The van der Waals surface area contributed by atoms with Gasteiger partial charge in [-0.1, -0.05) is 24.8 Å². The van der Waals surface area contributed by atoms with Crippen LogP contribution in [0.15, 0.2) is 47.7 Å². The zero-order chi connectivity index (χ0) is 22.4. The first-order valence-corrected chi connectivity index (χ1v) is 11.0. The number of hydrogen-bond donors (Lipinski definition) is 2. The maximum absolute atomic E-state index is 12.6. The lowest BCUT2D eigenvalue weighted by Crippen LogP contribution is -2.53. The molecular formula is C24H35N5O2. The first-order chi connectivity index (χ1) is 14.8. The molecule has 0 saturated carbocycles. The summed E-state index contributed by atoms with van der Waals surface area (Å²) in [6.45, 7) is 16.0. The summed E-state index contributed by atoms with van der Waals surface area (Å²) in [5.74, 6) is 0.0332. The van der Waals surface area contributed by atoms with Crippen molar-refractivity contribution in [3.8, 4) is 0 Å².